The number of aromatic nitrogens is 4. The molecule has 17 rings (SSSR count). The third-order valence-electron chi connectivity index (χ3n) is 18.5. The van der Waals surface area contributed by atoms with Crippen molar-refractivity contribution < 1.29 is 9.30 Å². The topological polar surface area (TPSA) is 42.3 Å². The summed E-state index contributed by atoms with van der Waals surface area (Å²) in [5, 5.41) is 2.25. The molecule has 0 aliphatic carbocycles. The summed E-state index contributed by atoms with van der Waals surface area (Å²) in [5.41, 5.74) is 24.7. The summed E-state index contributed by atoms with van der Waals surface area (Å²) >= 11 is 0. The van der Waals surface area contributed by atoms with Crippen LogP contribution in [0.3, 0.4) is 0 Å². The monoisotopic (exact) mass is 1120 g/mol. The van der Waals surface area contributed by atoms with Gasteiger partial charge < -0.3 is 14.5 Å². The number of nitrogens with zero attached hydrogens (tertiary/aromatic N) is 6. The standard InChI is InChI=1S/C79H59BN6O/c1-78(2,3)53-44-45-81-72(46-53)86-68-47-56(87-57-41-43-61-69(48-57)83-50-82(67-39-23-34-62(76(67)83)79(61,4)5)75-58(51-24-10-6-11-25-51)32-22-33-59(75)52-26-12-7-13-27-52)40-42-60(68)73-70(86)49-71-74-77(73)85(55-30-16-9-17-31-55)66-38-21-19-36-64(66)80(74)63-35-18-20-37-65(63)84(71)54-28-14-8-15-29-54/h6-49H,1-5H3. The molecule has 0 spiro atoms. The van der Waals surface area contributed by atoms with Gasteiger partial charge in [0.1, 0.15) is 17.3 Å². The third-order valence-corrected chi connectivity index (χ3v) is 18.5. The number of para-hydroxylation sites is 6. The predicted molar refractivity (Wildman–Crippen MR) is 358 cm³/mol. The lowest BCUT2D eigenvalue weighted by atomic mass is 9.33. The van der Waals surface area contributed by atoms with Gasteiger partial charge >= 0.3 is 0 Å². The van der Waals surface area contributed by atoms with Crippen LogP contribution >= 0.6 is 0 Å². The van der Waals surface area contributed by atoms with Crippen LogP contribution in [0.4, 0.5) is 34.1 Å². The Balaban J connectivity index is 0.895. The molecule has 0 atom stereocenters. The van der Waals surface area contributed by atoms with Gasteiger partial charge in [-0.1, -0.05) is 211 Å². The van der Waals surface area contributed by atoms with E-state index in [0.29, 0.717) is 0 Å². The number of benzene rings is 11. The molecule has 0 bridgehead atoms. The summed E-state index contributed by atoms with van der Waals surface area (Å²) < 4.78 is 14.2. The lowest BCUT2D eigenvalue weighted by Gasteiger charge is -2.44. The molecule has 14 aromatic rings. The average Bonchev–Trinajstić information content (AvgIpc) is 1.78. The number of hydrogen-bond donors (Lipinski definition) is 0. The number of imidazole rings is 1. The second kappa shape index (κ2) is 19.2. The van der Waals surface area contributed by atoms with Gasteiger partial charge in [0.15, 0.2) is 0 Å². The largest absolute Gasteiger partial charge is 0.458 e. The van der Waals surface area contributed by atoms with Gasteiger partial charge in [-0.3, -0.25) is 13.7 Å². The summed E-state index contributed by atoms with van der Waals surface area (Å²) in [6.07, 6.45) is 5.95. The smallest absolute Gasteiger partial charge is 0.269 e. The molecule has 0 amide bonds. The molecule has 0 N–H and O–H groups in total. The van der Waals surface area contributed by atoms with Crippen molar-refractivity contribution in [2.24, 2.45) is 0 Å². The lowest BCUT2D eigenvalue weighted by molar-refractivity contribution is -0.571. The molecule has 3 aliphatic heterocycles. The molecular weight excluding hydrogens is 1060 g/mol. The van der Waals surface area contributed by atoms with Gasteiger partial charge in [0, 0.05) is 56.9 Å². The van der Waals surface area contributed by atoms with Crippen LogP contribution in [-0.4, -0.2) is 20.8 Å². The zero-order chi connectivity index (χ0) is 58.3. The van der Waals surface area contributed by atoms with Crippen molar-refractivity contribution in [2.45, 2.75) is 45.4 Å². The van der Waals surface area contributed by atoms with Crippen LogP contribution in [0.1, 0.15) is 51.3 Å². The molecule has 8 heteroatoms. The van der Waals surface area contributed by atoms with Crippen LogP contribution in [0.25, 0.3) is 72.3 Å². The fourth-order valence-corrected chi connectivity index (χ4v) is 14.5. The van der Waals surface area contributed by atoms with E-state index in [-0.39, 0.29) is 17.5 Å². The molecule has 414 valence electrons. The van der Waals surface area contributed by atoms with Crippen LogP contribution in [-0.2, 0) is 10.8 Å². The summed E-state index contributed by atoms with van der Waals surface area (Å²) in [4.78, 5) is 10.3. The fraction of sp³-hybridized carbons (Fsp3) is 0.0886. The first-order chi connectivity index (χ1) is 42.6. The highest BCUT2D eigenvalue weighted by atomic mass is 16.5. The van der Waals surface area contributed by atoms with Crippen molar-refractivity contribution in [3.63, 3.8) is 0 Å². The molecule has 11 aromatic carbocycles. The summed E-state index contributed by atoms with van der Waals surface area (Å²) in [5.74, 6) is 2.29. The number of anilines is 6. The van der Waals surface area contributed by atoms with Crippen LogP contribution in [0, 0.1) is 6.33 Å². The van der Waals surface area contributed by atoms with Crippen molar-refractivity contribution >= 4 is 90.1 Å². The van der Waals surface area contributed by atoms with Gasteiger partial charge in [-0.15, -0.1) is 0 Å². The average molecular weight is 1120 g/mol. The molecule has 3 aromatic heterocycles. The Kier molecular flexibility index (Phi) is 11.2. The molecule has 0 saturated heterocycles. The number of rotatable bonds is 8. The van der Waals surface area contributed by atoms with E-state index >= 15 is 0 Å². The molecule has 7 nitrogen and oxygen atoms in total. The predicted octanol–water partition coefficient (Wildman–Crippen LogP) is 17.3. The van der Waals surface area contributed by atoms with E-state index in [1.807, 2.05) is 6.20 Å². The summed E-state index contributed by atoms with van der Waals surface area (Å²) in [6.45, 7) is 11.5. The summed E-state index contributed by atoms with van der Waals surface area (Å²) in [6, 6.07) is 94.7. The molecule has 0 fully saturated rings. The molecule has 3 aliphatic rings. The Morgan fingerprint density at radius 2 is 1.09 bits per heavy atom. The van der Waals surface area contributed by atoms with E-state index in [0.717, 1.165) is 112 Å². The van der Waals surface area contributed by atoms with E-state index in [2.05, 4.69) is 325 Å². The minimum atomic E-state index is -0.340. The van der Waals surface area contributed by atoms with Crippen molar-refractivity contribution in [1.29, 1.82) is 0 Å². The molecule has 0 unspecified atom stereocenters. The first kappa shape index (κ1) is 50.8. The Bertz CT molecular complexity index is 5030. The third kappa shape index (κ3) is 7.70. The molecular formula is C79H59BN6O. The highest BCUT2D eigenvalue weighted by molar-refractivity contribution is 7.00. The van der Waals surface area contributed by atoms with Gasteiger partial charge in [0.25, 0.3) is 13.0 Å². The van der Waals surface area contributed by atoms with Crippen LogP contribution in [0.2, 0.25) is 0 Å². The van der Waals surface area contributed by atoms with E-state index in [1.54, 1.807) is 0 Å². The van der Waals surface area contributed by atoms with Gasteiger partial charge in [-0.2, -0.15) is 0 Å². The quantitative estimate of drug-likeness (QED) is 0.0864. The van der Waals surface area contributed by atoms with Crippen LogP contribution in [0.15, 0.2) is 267 Å². The van der Waals surface area contributed by atoms with Gasteiger partial charge in [0.2, 0.25) is 0 Å². The first-order valence-corrected chi connectivity index (χ1v) is 30.1. The maximum absolute atomic E-state index is 7.27. The molecule has 0 radical (unpaired) electrons. The fourth-order valence-electron chi connectivity index (χ4n) is 14.5. The lowest BCUT2D eigenvalue weighted by Crippen LogP contribution is -2.61. The minimum Gasteiger partial charge on any atom is -0.458 e. The molecule has 87 heavy (non-hydrogen) atoms. The number of ether oxygens (including phenoxy) is 1. The maximum atomic E-state index is 7.27. The van der Waals surface area contributed by atoms with E-state index in [4.69, 9.17) is 9.72 Å². The highest BCUT2D eigenvalue weighted by Gasteiger charge is 2.45. The van der Waals surface area contributed by atoms with E-state index < -0.39 is 0 Å². The second-order valence-electron chi connectivity index (χ2n) is 24.9. The highest BCUT2D eigenvalue weighted by Crippen LogP contribution is 2.52. The zero-order valence-electron chi connectivity index (χ0n) is 49.1. The van der Waals surface area contributed by atoms with Crippen LogP contribution < -0.4 is 35.5 Å². The Hall–Kier alpha value is -10.7. The van der Waals surface area contributed by atoms with Gasteiger partial charge in [-0.25, -0.2) is 4.98 Å². The van der Waals surface area contributed by atoms with E-state index in [9.17, 15) is 0 Å². The van der Waals surface area contributed by atoms with Crippen molar-refractivity contribution in [3.8, 4) is 50.9 Å². The van der Waals surface area contributed by atoms with Crippen molar-refractivity contribution in [2.75, 3.05) is 9.80 Å². The summed E-state index contributed by atoms with van der Waals surface area (Å²) in [7, 11) is 0. The molecule has 6 heterocycles. The Morgan fingerprint density at radius 1 is 0.506 bits per heavy atom. The number of fused-ring (bicyclic) bond motifs is 10. The maximum Gasteiger partial charge on any atom is 0.269 e. The second-order valence-corrected chi connectivity index (χ2v) is 24.9. The van der Waals surface area contributed by atoms with E-state index in [1.165, 1.54) is 38.8 Å². The SMILES string of the molecule is CC(C)(C)c1ccnc(-n2c3cc(Oc4ccc5c(c4)-n4[c-][n+](-c6c(-c7ccccc7)cccc6-c6ccccc6)c6cccc(c64)C5(C)C)ccc3c3c4c5c(cc32)N(c2ccccc2)c2ccccc2B5c2ccccc2N4c2ccccc2)c1. The molecule has 0 saturated carbocycles. The zero-order valence-corrected chi connectivity index (χ0v) is 49.1. The Morgan fingerprint density at radius 3 is 1.76 bits per heavy atom. The Labute approximate surface area is 507 Å². The van der Waals surface area contributed by atoms with Crippen LogP contribution in [0.5, 0.6) is 11.5 Å². The normalized spacial score (nSPS) is 13.6. The number of hydrogen-bond acceptors (Lipinski definition) is 4. The van der Waals surface area contributed by atoms with Crippen molar-refractivity contribution in [1.82, 2.24) is 14.1 Å². The first-order valence-electron chi connectivity index (χ1n) is 30.1. The van der Waals surface area contributed by atoms with Gasteiger partial charge in [0.05, 0.1) is 39.1 Å². The van der Waals surface area contributed by atoms with Crippen molar-refractivity contribution in [3.05, 3.63) is 290 Å². The minimum absolute atomic E-state index is 0.0474. The van der Waals surface area contributed by atoms with Gasteiger partial charge in [-0.05, 0) is 140 Å². The number of pyridine rings is 1.